The number of benzene rings is 1. The SMILES string of the molecule is O=S(O)c1cccc(OC(F)F)c1. The summed E-state index contributed by atoms with van der Waals surface area (Å²) < 4.78 is 46.5. The van der Waals surface area contributed by atoms with Crippen molar-refractivity contribution in [2.24, 2.45) is 0 Å². The van der Waals surface area contributed by atoms with Crippen LogP contribution < -0.4 is 4.74 Å². The summed E-state index contributed by atoms with van der Waals surface area (Å²) in [4.78, 5) is 0.0261. The van der Waals surface area contributed by atoms with E-state index in [-0.39, 0.29) is 10.6 Å². The summed E-state index contributed by atoms with van der Waals surface area (Å²) in [7, 11) is 0. The van der Waals surface area contributed by atoms with Gasteiger partial charge in [0, 0.05) is 0 Å². The van der Waals surface area contributed by atoms with Crippen LogP contribution in [0.2, 0.25) is 0 Å². The summed E-state index contributed by atoms with van der Waals surface area (Å²) in [6.07, 6.45) is 0. The van der Waals surface area contributed by atoms with Gasteiger partial charge in [0.15, 0.2) is 11.1 Å². The molecule has 72 valence electrons. The smallest absolute Gasteiger partial charge is 0.387 e. The van der Waals surface area contributed by atoms with Crippen molar-refractivity contribution in [2.75, 3.05) is 0 Å². The van der Waals surface area contributed by atoms with Gasteiger partial charge in [-0.25, -0.2) is 4.21 Å². The molecule has 3 nitrogen and oxygen atoms in total. The second-order valence-corrected chi connectivity index (χ2v) is 3.07. The number of rotatable bonds is 3. The molecule has 13 heavy (non-hydrogen) atoms. The lowest BCUT2D eigenvalue weighted by atomic mass is 10.3. The van der Waals surface area contributed by atoms with Crippen molar-refractivity contribution in [3.63, 3.8) is 0 Å². The molecular formula is C7H6F2O3S. The molecule has 0 heterocycles. The van der Waals surface area contributed by atoms with Crippen LogP contribution in [0.25, 0.3) is 0 Å². The van der Waals surface area contributed by atoms with Crippen molar-refractivity contribution in [1.82, 2.24) is 0 Å². The fourth-order valence-corrected chi connectivity index (χ4v) is 1.17. The van der Waals surface area contributed by atoms with Gasteiger partial charge in [0.1, 0.15) is 5.75 Å². The largest absolute Gasteiger partial charge is 0.435 e. The number of halogens is 2. The third-order valence-electron chi connectivity index (χ3n) is 1.23. The van der Waals surface area contributed by atoms with Crippen LogP contribution >= 0.6 is 0 Å². The molecule has 0 aliphatic carbocycles. The van der Waals surface area contributed by atoms with Gasteiger partial charge >= 0.3 is 6.61 Å². The lowest BCUT2D eigenvalue weighted by molar-refractivity contribution is -0.0499. The monoisotopic (exact) mass is 208 g/mol. The maximum absolute atomic E-state index is 11.7. The van der Waals surface area contributed by atoms with Crippen molar-refractivity contribution >= 4 is 11.1 Å². The normalized spacial score (nSPS) is 12.9. The Morgan fingerprint density at radius 2 is 2.15 bits per heavy atom. The molecule has 0 radical (unpaired) electrons. The van der Waals surface area contributed by atoms with Gasteiger partial charge in [-0.2, -0.15) is 8.78 Å². The van der Waals surface area contributed by atoms with E-state index in [0.717, 1.165) is 6.07 Å². The van der Waals surface area contributed by atoms with Crippen LogP contribution in [-0.4, -0.2) is 15.4 Å². The van der Waals surface area contributed by atoms with Gasteiger partial charge in [-0.1, -0.05) is 6.07 Å². The van der Waals surface area contributed by atoms with Crippen molar-refractivity contribution in [2.45, 2.75) is 11.5 Å². The predicted molar refractivity (Wildman–Crippen MR) is 42.1 cm³/mol. The second-order valence-electron chi connectivity index (χ2n) is 2.10. The second kappa shape index (κ2) is 4.29. The Hall–Kier alpha value is -1.01. The van der Waals surface area contributed by atoms with Crippen LogP contribution in [0.3, 0.4) is 0 Å². The Bertz CT molecular complexity index is 316. The highest BCUT2D eigenvalue weighted by Gasteiger charge is 2.06. The average molecular weight is 208 g/mol. The molecular weight excluding hydrogens is 202 g/mol. The first-order valence-corrected chi connectivity index (χ1v) is 4.36. The van der Waals surface area contributed by atoms with E-state index in [1.807, 2.05) is 0 Å². The van der Waals surface area contributed by atoms with Crippen LogP contribution in [0, 0.1) is 0 Å². The highest BCUT2D eigenvalue weighted by Crippen LogP contribution is 2.17. The Kier molecular flexibility index (Phi) is 3.32. The highest BCUT2D eigenvalue weighted by molar-refractivity contribution is 7.79. The summed E-state index contributed by atoms with van der Waals surface area (Å²) in [5, 5.41) is 0. The van der Waals surface area contributed by atoms with Crippen LogP contribution in [-0.2, 0) is 11.1 Å². The standard InChI is InChI=1S/C7H6F2O3S/c8-7(9)12-5-2-1-3-6(4-5)13(10)11/h1-4,7H,(H,10,11). The lowest BCUT2D eigenvalue weighted by Gasteiger charge is -2.04. The van der Waals surface area contributed by atoms with Gasteiger partial charge in [-0.3, -0.25) is 0 Å². The topological polar surface area (TPSA) is 46.5 Å². The Morgan fingerprint density at radius 3 is 2.69 bits per heavy atom. The van der Waals surface area contributed by atoms with E-state index in [0.29, 0.717) is 0 Å². The van der Waals surface area contributed by atoms with E-state index in [9.17, 15) is 13.0 Å². The molecule has 6 heteroatoms. The van der Waals surface area contributed by atoms with Gasteiger partial charge < -0.3 is 9.29 Å². The van der Waals surface area contributed by atoms with Crippen LogP contribution in [0.5, 0.6) is 5.75 Å². The minimum absolute atomic E-state index is 0.0261. The first-order chi connectivity index (χ1) is 6.09. The first-order valence-electron chi connectivity index (χ1n) is 3.25. The predicted octanol–water partition coefficient (Wildman–Crippen LogP) is 1.87. The van der Waals surface area contributed by atoms with Gasteiger partial charge in [-0.05, 0) is 18.2 Å². The van der Waals surface area contributed by atoms with Crippen molar-refractivity contribution in [3.05, 3.63) is 24.3 Å². The first kappa shape index (κ1) is 10.1. The molecule has 0 amide bonds. The molecule has 1 N–H and O–H groups in total. The molecule has 0 aliphatic heterocycles. The zero-order valence-electron chi connectivity index (χ0n) is 6.31. The molecule has 0 spiro atoms. The van der Waals surface area contributed by atoms with E-state index in [4.69, 9.17) is 4.55 Å². The molecule has 1 aromatic carbocycles. The molecule has 0 saturated heterocycles. The third kappa shape index (κ3) is 3.08. The van der Waals surface area contributed by atoms with Gasteiger partial charge in [0.05, 0.1) is 4.90 Å². The van der Waals surface area contributed by atoms with Crippen molar-refractivity contribution in [1.29, 1.82) is 0 Å². The summed E-state index contributed by atoms with van der Waals surface area (Å²) in [6.45, 7) is -2.93. The van der Waals surface area contributed by atoms with E-state index < -0.39 is 17.7 Å². The molecule has 0 saturated carbocycles. The molecule has 0 aromatic heterocycles. The Morgan fingerprint density at radius 1 is 1.46 bits per heavy atom. The van der Waals surface area contributed by atoms with Gasteiger partial charge in [0.2, 0.25) is 0 Å². The zero-order valence-corrected chi connectivity index (χ0v) is 7.13. The van der Waals surface area contributed by atoms with Crippen LogP contribution in [0.15, 0.2) is 29.2 Å². The Labute approximate surface area is 75.6 Å². The molecule has 1 aromatic rings. The Balaban J connectivity index is 2.85. The third-order valence-corrected chi connectivity index (χ3v) is 1.89. The number of alkyl halides is 2. The summed E-state index contributed by atoms with van der Waals surface area (Å²) in [6, 6.07) is 5.07. The summed E-state index contributed by atoms with van der Waals surface area (Å²) in [5.74, 6) is -0.130. The molecule has 0 bridgehead atoms. The minimum atomic E-state index is -2.93. The lowest BCUT2D eigenvalue weighted by Crippen LogP contribution is -2.02. The summed E-state index contributed by atoms with van der Waals surface area (Å²) >= 11 is -2.18. The number of hydrogen-bond acceptors (Lipinski definition) is 2. The number of ether oxygens (including phenoxy) is 1. The van der Waals surface area contributed by atoms with Crippen molar-refractivity contribution < 1.29 is 22.3 Å². The van der Waals surface area contributed by atoms with Gasteiger partial charge in [-0.15, -0.1) is 0 Å². The molecule has 1 rings (SSSR count). The van der Waals surface area contributed by atoms with Crippen molar-refractivity contribution in [3.8, 4) is 5.75 Å². The molecule has 1 atom stereocenters. The fourth-order valence-electron chi connectivity index (χ4n) is 0.759. The number of hydrogen-bond donors (Lipinski definition) is 1. The maximum atomic E-state index is 11.7. The van der Waals surface area contributed by atoms with E-state index >= 15 is 0 Å². The fraction of sp³-hybridized carbons (Fsp3) is 0.143. The average Bonchev–Trinajstić information content (AvgIpc) is 2.03. The van der Waals surface area contributed by atoms with Crippen LogP contribution in [0.1, 0.15) is 0 Å². The van der Waals surface area contributed by atoms with Gasteiger partial charge in [0.25, 0.3) is 0 Å². The van der Waals surface area contributed by atoms with E-state index in [1.54, 1.807) is 0 Å². The quantitative estimate of drug-likeness (QED) is 0.771. The van der Waals surface area contributed by atoms with E-state index in [1.165, 1.54) is 18.2 Å². The van der Waals surface area contributed by atoms with E-state index in [2.05, 4.69) is 4.74 Å². The highest BCUT2D eigenvalue weighted by atomic mass is 32.2. The minimum Gasteiger partial charge on any atom is -0.435 e. The maximum Gasteiger partial charge on any atom is 0.387 e. The molecule has 0 fully saturated rings. The molecule has 0 aliphatic rings. The zero-order chi connectivity index (χ0) is 9.84. The molecule has 1 unspecified atom stereocenters. The van der Waals surface area contributed by atoms with Crippen LogP contribution in [0.4, 0.5) is 8.78 Å². The summed E-state index contributed by atoms with van der Waals surface area (Å²) in [5.41, 5.74) is 0.